The van der Waals surface area contributed by atoms with Crippen molar-refractivity contribution in [2.45, 2.75) is 45.3 Å². The number of aromatic nitrogens is 1. The first-order chi connectivity index (χ1) is 12.1. The van der Waals surface area contributed by atoms with Crippen molar-refractivity contribution in [3.63, 3.8) is 0 Å². The number of pyridine rings is 1. The van der Waals surface area contributed by atoms with E-state index in [9.17, 15) is 9.59 Å². The van der Waals surface area contributed by atoms with Crippen molar-refractivity contribution in [3.8, 4) is 5.75 Å². The van der Waals surface area contributed by atoms with Gasteiger partial charge in [-0.15, -0.1) is 0 Å². The van der Waals surface area contributed by atoms with E-state index >= 15 is 0 Å². The van der Waals surface area contributed by atoms with Crippen molar-refractivity contribution in [2.75, 3.05) is 25.9 Å². The Balaban J connectivity index is 1.74. The van der Waals surface area contributed by atoms with Gasteiger partial charge in [0.2, 0.25) is 0 Å². The molecule has 3 rings (SSSR count). The van der Waals surface area contributed by atoms with Gasteiger partial charge in [-0.1, -0.05) is 0 Å². The van der Waals surface area contributed by atoms with Crippen LogP contribution < -0.4 is 10.5 Å². The zero-order valence-corrected chi connectivity index (χ0v) is 15.6. The molecule has 2 aliphatic rings. The summed E-state index contributed by atoms with van der Waals surface area (Å²) in [7, 11) is 1.30. The molecule has 0 bridgehead atoms. The number of ether oxygens (including phenoxy) is 3. The number of nitrogens with zero attached hydrogens (tertiary/aromatic N) is 2. The summed E-state index contributed by atoms with van der Waals surface area (Å²) >= 11 is 0. The van der Waals surface area contributed by atoms with Crippen LogP contribution in [-0.4, -0.2) is 53.9 Å². The van der Waals surface area contributed by atoms with Gasteiger partial charge < -0.3 is 24.8 Å². The third-order valence-corrected chi connectivity index (χ3v) is 4.69. The van der Waals surface area contributed by atoms with Gasteiger partial charge in [0.05, 0.1) is 19.2 Å². The van der Waals surface area contributed by atoms with Crippen LogP contribution in [0.1, 0.15) is 44.0 Å². The second-order valence-corrected chi connectivity index (χ2v) is 7.93. The van der Waals surface area contributed by atoms with Crippen LogP contribution in [0.2, 0.25) is 0 Å². The van der Waals surface area contributed by atoms with Crippen LogP contribution in [-0.2, 0) is 9.47 Å². The number of methoxy groups -OCH3 is 1. The summed E-state index contributed by atoms with van der Waals surface area (Å²) in [5.41, 5.74) is 5.55. The Morgan fingerprint density at radius 2 is 2.04 bits per heavy atom. The normalized spacial score (nSPS) is 20.8. The summed E-state index contributed by atoms with van der Waals surface area (Å²) in [6.07, 6.45) is 2.74. The van der Waals surface area contributed by atoms with Crippen molar-refractivity contribution in [1.29, 1.82) is 0 Å². The molecule has 0 radical (unpaired) electrons. The van der Waals surface area contributed by atoms with Crippen molar-refractivity contribution >= 4 is 17.9 Å². The molecule has 26 heavy (non-hydrogen) atoms. The summed E-state index contributed by atoms with van der Waals surface area (Å²) in [4.78, 5) is 29.8. The van der Waals surface area contributed by atoms with Crippen LogP contribution in [0.5, 0.6) is 5.75 Å². The highest BCUT2D eigenvalue weighted by Gasteiger charge is 2.58. The number of carbonyl (C=O) groups is 2. The monoisotopic (exact) mass is 363 g/mol. The number of carbonyl (C=O) groups excluding carboxylic acids is 2. The van der Waals surface area contributed by atoms with Crippen molar-refractivity contribution in [2.24, 2.45) is 5.41 Å². The van der Waals surface area contributed by atoms with E-state index in [0.29, 0.717) is 18.8 Å². The van der Waals surface area contributed by atoms with Crippen LogP contribution in [0.3, 0.4) is 0 Å². The number of esters is 1. The molecule has 2 heterocycles. The number of hydrogen-bond acceptors (Lipinski definition) is 7. The van der Waals surface area contributed by atoms with Gasteiger partial charge in [0.15, 0.2) is 11.6 Å². The number of rotatable bonds is 3. The molecule has 1 unspecified atom stereocenters. The molecular formula is C18H25N3O5. The van der Waals surface area contributed by atoms with Gasteiger partial charge in [-0.2, -0.15) is 0 Å². The Kier molecular flexibility index (Phi) is 4.46. The van der Waals surface area contributed by atoms with E-state index in [1.807, 2.05) is 20.8 Å². The minimum atomic E-state index is -0.546. The fourth-order valence-electron chi connectivity index (χ4n) is 3.14. The maximum absolute atomic E-state index is 12.4. The Hall–Kier alpha value is -2.51. The molecule has 142 valence electrons. The Bertz CT molecular complexity index is 724. The average molecular weight is 363 g/mol. The summed E-state index contributed by atoms with van der Waals surface area (Å²) in [5.74, 6) is 0.0182. The first-order valence-corrected chi connectivity index (χ1v) is 8.62. The molecule has 1 aromatic heterocycles. The summed E-state index contributed by atoms with van der Waals surface area (Å²) in [5, 5.41) is 0. The minimum Gasteiger partial charge on any atom is -0.484 e. The lowest BCUT2D eigenvalue weighted by Gasteiger charge is -2.24. The number of nitrogen functional groups attached to an aromatic ring is 1. The van der Waals surface area contributed by atoms with Gasteiger partial charge >= 0.3 is 12.1 Å². The number of anilines is 1. The Morgan fingerprint density at radius 3 is 2.62 bits per heavy atom. The SMILES string of the molecule is COC(=O)c1cnc(N)c(OC2CN(C(=O)OC(C)(C)C)CC23CC3)c1. The van der Waals surface area contributed by atoms with Crippen molar-refractivity contribution < 1.29 is 23.8 Å². The first kappa shape index (κ1) is 18.3. The third kappa shape index (κ3) is 3.68. The van der Waals surface area contributed by atoms with Gasteiger partial charge in [-0.3, -0.25) is 0 Å². The average Bonchev–Trinajstić information content (AvgIpc) is 3.24. The fourth-order valence-corrected chi connectivity index (χ4v) is 3.14. The zero-order chi connectivity index (χ0) is 19.1. The molecule has 8 heteroatoms. The molecule has 1 atom stereocenters. The molecule has 1 aliphatic carbocycles. The molecule has 2 N–H and O–H groups in total. The molecule has 8 nitrogen and oxygen atoms in total. The molecule has 1 aromatic rings. The summed E-state index contributed by atoms with van der Waals surface area (Å²) in [6, 6.07) is 1.53. The van der Waals surface area contributed by atoms with Crippen LogP contribution in [0.15, 0.2) is 12.3 Å². The first-order valence-electron chi connectivity index (χ1n) is 8.62. The number of hydrogen-bond donors (Lipinski definition) is 1. The fraction of sp³-hybridized carbons (Fsp3) is 0.611. The molecular weight excluding hydrogens is 338 g/mol. The predicted octanol–water partition coefficient (Wildman–Crippen LogP) is 2.23. The van der Waals surface area contributed by atoms with Crippen molar-refractivity contribution in [1.82, 2.24) is 9.88 Å². The Morgan fingerprint density at radius 1 is 1.35 bits per heavy atom. The van der Waals surface area contributed by atoms with Gasteiger partial charge in [0.25, 0.3) is 0 Å². The highest BCUT2D eigenvalue weighted by atomic mass is 16.6. The highest BCUT2D eigenvalue weighted by molar-refractivity contribution is 5.89. The lowest BCUT2D eigenvalue weighted by atomic mass is 10.0. The van der Waals surface area contributed by atoms with Gasteiger partial charge in [-0.05, 0) is 33.6 Å². The molecule has 1 saturated carbocycles. The van der Waals surface area contributed by atoms with Gasteiger partial charge in [0, 0.05) is 24.2 Å². The predicted molar refractivity (Wildman–Crippen MR) is 93.9 cm³/mol. The van der Waals surface area contributed by atoms with E-state index in [2.05, 4.69) is 4.98 Å². The standard InChI is InChI=1S/C18H25N3O5/c1-17(2,3)26-16(23)21-9-13(18(10-21)5-6-18)25-12-7-11(15(22)24-4)8-20-14(12)19/h7-8,13H,5-6,9-10H2,1-4H3,(H2,19,20). The smallest absolute Gasteiger partial charge is 0.410 e. The minimum absolute atomic E-state index is 0.0788. The maximum Gasteiger partial charge on any atom is 0.410 e. The zero-order valence-electron chi connectivity index (χ0n) is 15.6. The van der Waals surface area contributed by atoms with Gasteiger partial charge in [-0.25, -0.2) is 14.6 Å². The number of amides is 1. The van der Waals surface area contributed by atoms with Crippen LogP contribution in [0, 0.1) is 5.41 Å². The highest BCUT2D eigenvalue weighted by Crippen LogP contribution is 2.54. The topological polar surface area (TPSA) is 104 Å². The van der Waals surface area contributed by atoms with Crippen molar-refractivity contribution in [3.05, 3.63) is 17.8 Å². The molecule has 2 fully saturated rings. The third-order valence-electron chi connectivity index (χ3n) is 4.69. The number of likely N-dealkylation sites (tertiary alicyclic amines) is 1. The molecule has 1 amide bonds. The molecule has 1 saturated heterocycles. The summed E-state index contributed by atoms with van der Waals surface area (Å²) in [6.45, 7) is 6.53. The van der Waals surface area contributed by atoms with E-state index in [1.165, 1.54) is 19.4 Å². The lowest BCUT2D eigenvalue weighted by molar-refractivity contribution is 0.0274. The quantitative estimate of drug-likeness (QED) is 0.821. The van der Waals surface area contributed by atoms with E-state index in [4.69, 9.17) is 19.9 Å². The lowest BCUT2D eigenvalue weighted by Crippen LogP contribution is -2.36. The summed E-state index contributed by atoms with van der Waals surface area (Å²) < 4.78 is 16.3. The van der Waals surface area contributed by atoms with E-state index in [0.717, 1.165) is 12.8 Å². The Labute approximate surface area is 152 Å². The second-order valence-electron chi connectivity index (χ2n) is 7.93. The van der Waals surface area contributed by atoms with Crippen LogP contribution >= 0.6 is 0 Å². The maximum atomic E-state index is 12.4. The second kappa shape index (κ2) is 6.34. The molecule has 1 aliphatic heterocycles. The van der Waals surface area contributed by atoms with Crippen LogP contribution in [0.25, 0.3) is 0 Å². The largest absolute Gasteiger partial charge is 0.484 e. The van der Waals surface area contributed by atoms with Crippen LogP contribution in [0.4, 0.5) is 10.6 Å². The van der Waals surface area contributed by atoms with E-state index in [1.54, 1.807) is 4.90 Å². The molecule has 0 aromatic carbocycles. The van der Waals surface area contributed by atoms with Gasteiger partial charge in [0.1, 0.15) is 11.7 Å². The molecule has 1 spiro atoms. The number of nitrogens with two attached hydrogens (primary N) is 1. The van der Waals surface area contributed by atoms with E-state index in [-0.39, 0.29) is 29.0 Å². The van der Waals surface area contributed by atoms with E-state index < -0.39 is 11.6 Å².